The van der Waals surface area contributed by atoms with E-state index in [1.165, 1.54) is 16.3 Å². The number of methoxy groups -OCH3 is 1. The van der Waals surface area contributed by atoms with Crippen molar-refractivity contribution in [3.05, 3.63) is 48.0 Å². The zero-order valence-corrected chi connectivity index (χ0v) is 17.2. The van der Waals surface area contributed by atoms with Crippen molar-refractivity contribution in [1.29, 1.82) is 0 Å². The van der Waals surface area contributed by atoms with Gasteiger partial charge in [-0.1, -0.05) is 36.4 Å². The topological polar surface area (TPSA) is 51.2 Å². The normalized spacial score (nSPS) is 19.9. The molecule has 0 amide bonds. The molecule has 5 nitrogen and oxygen atoms in total. The summed E-state index contributed by atoms with van der Waals surface area (Å²) < 4.78 is 17.1. The number of likely N-dealkylation sites (tertiary alicyclic amines) is 1. The molecule has 5 heteroatoms. The number of aliphatic hydroxyl groups is 1. The predicted molar refractivity (Wildman–Crippen MR) is 115 cm³/mol. The molecule has 0 aliphatic carbocycles. The van der Waals surface area contributed by atoms with Gasteiger partial charge in [0.1, 0.15) is 18.5 Å². The lowest BCUT2D eigenvalue weighted by Crippen LogP contribution is -2.42. The highest BCUT2D eigenvalue weighted by molar-refractivity contribution is 5.96. The van der Waals surface area contributed by atoms with Crippen LogP contribution in [-0.2, 0) is 9.47 Å². The van der Waals surface area contributed by atoms with Gasteiger partial charge in [-0.25, -0.2) is 0 Å². The molecule has 0 bridgehead atoms. The maximum absolute atomic E-state index is 10.6. The van der Waals surface area contributed by atoms with Crippen molar-refractivity contribution in [2.45, 2.75) is 31.5 Å². The Morgan fingerprint density at radius 1 is 1.17 bits per heavy atom. The number of nitrogens with zero attached hydrogens (tertiary/aromatic N) is 1. The highest BCUT2D eigenvalue weighted by Gasteiger charge is 2.21. The average molecular weight is 398 g/mol. The lowest BCUT2D eigenvalue weighted by molar-refractivity contribution is 0.0153. The van der Waals surface area contributed by atoms with Gasteiger partial charge in [-0.05, 0) is 41.7 Å². The summed E-state index contributed by atoms with van der Waals surface area (Å²) in [7, 11) is 1.78. The largest absolute Gasteiger partial charge is 0.490 e. The van der Waals surface area contributed by atoms with Gasteiger partial charge in [0.15, 0.2) is 0 Å². The molecule has 4 rings (SSSR count). The summed E-state index contributed by atoms with van der Waals surface area (Å²) in [6.07, 6.45) is 4.91. The number of hydrogen-bond acceptors (Lipinski definition) is 5. The number of rotatable bonds is 7. The number of ether oxygens (including phenoxy) is 3. The first-order valence-electron chi connectivity index (χ1n) is 10.6. The summed E-state index contributed by atoms with van der Waals surface area (Å²) in [5.74, 6) is 0.842. The van der Waals surface area contributed by atoms with E-state index >= 15 is 0 Å². The summed E-state index contributed by atoms with van der Waals surface area (Å²) in [5, 5.41) is 13.0. The highest BCUT2D eigenvalue weighted by Crippen LogP contribution is 2.36. The van der Waals surface area contributed by atoms with Crippen molar-refractivity contribution < 1.29 is 19.3 Å². The summed E-state index contributed by atoms with van der Waals surface area (Å²) in [6, 6.07) is 12.5. The lowest BCUT2D eigenvalue weighted by atomic mass is 9.94. The number of β-amino-alcohol motifs (C(OH)–C–C–N with tert-alkyl or cyclic N) is 1. The van der Waals surface area contributed by atoms with E-state index in [1.807, 2.05) is 6.07 Å². The molecule has 2 aliphatic heterocycles. The zero-order valence-electron chi connectivity index (χ0n) is 17.2. The van der Waals surface area contributed by atoms with E-state index in [0.29, 0.717) is 25.9 Å². The number of aliphatic hydroxyl groups excluding tert-OH is 1. The van der Waals surface area contributed by atoms with E-state index in [9.17, 15) is 5.11 Å². The summed E-state index contributed by atoms with van der Waals surface area (Å²) in [5.41, 5.74) is 2.40. The summed E-state index contributed by atoms with van der Waals surface area (Å²) >= 11 is 0. The van der Waals surface area contributed by atoms with Crippen LogP contribution in [0.15, 0.2) is 42.5 Å². The van der Waals surface area contributed by atoms with Crippen LogP contribution in [-0.4, -0.2) is 68.8 Å². The maximum atomic E-state index is 10.6. The molecule has 0 saturated carbocycles. The molecular formula is C24H31NO4. The second kappa shape index (κ2) is 9.72. The van der Waals surface area contributed by atoms with E-state index in [4.69, 9.17) is 14.2 Å². The SMILES string of the molecule is COC1CCN(CC(O)COc2ccc3ccccc3c2C2=CCOCC2)CC1. The summed E-state index contributed by atoms with van der Waals surface area (Å²) in [4.78, 5) is 2.30. The van der Waals surface area contributed by atoms with Gasteiger partial charge in [0.2, 0.25) is 0 Å². The van der Waals surface area contributed by atoms with Gasteiger partial charge >= 0.3 is 0 Å². The van der Waals surface area contributed by atoms with Crippen LogP contribution in [0.25, 0.3) is 16.3 Å². The molecule has 0 radical (unpaired) electrons. The van der Waals surface area contributed by atoms with Crippen molar-refractivity contribution in [1.82, 2.24) is 4.90 Å². The Hall–Kier alpha value is -1.92. The van der Waals surface area contributed by atoms with Crippen molar-refractivity contribution in [2.75, 3.05) is 46.6 Å². The zero-order chi connectivity index (χ0) is 20.1. The Bertz CT molecular complexity index is 842. The first kappa shape index (κ1) is 20.4. The van der Waals surface area contributed by atoms with Gasteiger partial charge in [-0.2, -0.15) is 0 Å². The van der Waals surface area contributed by atoms with Crippen molar-refractivity contribution in [2.24, 2.45) is 0 Å². The van der Waals surface area contributed by atoms with Gasteiger partial charge in [0, 0.05) is 32.3 Å². The molecule has 2 heterocycles. The third-order valence-corrected chi connectivity index (χ3v) is 5.94. The molecule has 29 heavy (non-hydrogen) atoms. The van der Waals surface area contributed by atoms with Crippen LogP contribution in [0.2, 0.25) is 0 Å². The van der Waals surface area contributed by atoms with Gasteiger partial charge in [-0.15, -0.1) is 0 Å². The summed E-state index contributed by atoms with van der Waals surface area (Å²) in [6.45, 7) is 4.22. The lowest BCUT2D eigenvalue weighted by Gasteiger charge is -2.32. The van der Waals surface area contributed by atoms with E-state index in [0.717, 1.165) is 50.3 Å². The molecule has 2 aromatic rings. The minimum atomic E-state index is -0.517. The van der Waals surface area contributed by atoms with Crippen LogP contribution in [0, 0.1) is 0 Å². The highest BCUT2D eigenvalue weighted by atomic mass is 16.5. The molecule has 1 atom stereocenters. The van der Waals surface area contributed by atoms with Crippen LogP contribution < -0.4 is 4.74 Å². The molecule has 1 N–H and O–H groups in total. The molecule has 0 aromatic heterocycles. The molecule has 1 fully saturated rings. The van der Waals surface area contributed by atoms with Crippen LogP contribution in [0.4, 0.5) is 0 Å². The Morgan fingerprint density at radius 2 is 2.00 bits per heavy atom. The monoisotopic (exact) mass is 397 g/mol. The van der Waals surface area contributed by atoms with E-state index in [2.05, 4.69) is 41.3 Å². The minimum absolute atomic E-state index is 0.291. The van der Waals surface area contributed by atoms with Crippen LogP contribution in [0.5, 0.6) is 5.75 Å². The first-order chi connectivity index (χ1) is 14.2. The Morgan fingerprint density at radius 3 is 2.76 bits per heavy atom. The van der Waals surface area contributed by atoms with Gasteiger partial charge < -0.3 is 24.2 Å². The first-order valence-corrected chi connectivity index (χ1v) is 10.6. The Balaban J connectivity index is 1.45. The van der Waals surface area contributed by atoms with Crippen molar-refractivity contribution in [3.63, 3.8) is 0 Å². The van der Waals surface area contributed by atoms with Crippen molar-refractivity contribution >= 4 is 16.3 Å². The number of benzene rings is 2. The second-order valence-electron chi connectivity index (χ2n) is 7.91. The van der Waals surface area contributed by atoms with E-state index in [1.54, 1.807) is 7.11 Å². The Kier molecular flexibility index (Phi) is 6.82. The molecule has 2 aromatic carbocycles. The maximum Gasteiger partial charge on any atom is 0.127 e. The fourth-order valence-corrected chi connectivity index (χ4v) is 4.32. The molecule has 156 valence electrons. The third kappa shape index (κ3) is 4.98. The number of fused-ring (bicyclic) bond motifs is 1. The Labute approximate surface area is 172 Å². The van der Waals surface area contributed by atoms with Gasteiger partial charge in [0.05, 0.1) is 19.3 Å². The smallest absolute Gasteiger partial charge is 0.127 e. The van der Waals surface area contributed by atoms with Crippen LogP contribution in [0.1, 0.15) is 24.8 Å². The van der Waals surface area contributed by atoms with Crippen LogP contribution in [0.3, 0.4) is 0 Å². The van der Waals surface area contributed by atoms with E-state index in [-0.39, 0.29) is 0 Å². The van der Waals surface area contributed by atoms with Crippen LogP contribution >= 0.6 is 0 Å². The van der Waals surface area contributed by atoms with E-state index < -0.39 is 6.10 Å². The van der Waals surface area contributed by atoms with Crippen molar-refractivity contribution in [3.8, 4) is 5.75 Å². The number of hydrogen-bond donors (Lipinski definition) is 1. The predicted octanol–water partition coefficient (Wildman–Crippen LogP) is 3.49. The standard InChI is InChI=1S/C24H31NO4/c1-27-21-8-12-25(13-9-21)16-20(26)17-29-23-7-6-18-4-2-3-5-22(18)24(23)19-10-14-28-15-11-19/h2-7,10,20-21,26H,8-9,11-17H2,1H3. The molecule has 1 saturated heterocycles. The molecular weight excluding hydrogens is 366 g/mol. The molecule has 2 aliphatic rings. The fourth-order valence-electron chi connectivity index (χ4n) is 4.32. The molecule has 0 spiro atoms. The second-order valence-corrected chi connectivity index (χ2v) is 7.91. The average Bonchev–Trinajstić information content (AvgIpc) is 2.78. The van der Waals surface area contributed by atoms with Gasteiger partial charge in [0.25, 0.3) is 0 Å². The molecule has 1 unspecified atom stereocenters. The van der Waals surface area contributed by atoms with Gasteiger partial charge in [-0.3, -0.25) is 0 Å². The fraction of sp³-hybridized carbons (Fsp3) is 0.500. The minimum Gasteiger partial charge on any atom is -0.490 e. The quantitative estimate of drug-likeness (QED) is 0.775. The third-order valence-electron chi connectivity index (χ3n) is 5.94. The number of piperidine rings is 1.